The highest BCUT2D eigenvalue weighted by molar-refractivity contribution is 5.26. The first kappa shape index (κ1) is 14.8. The summed E-state index contributed by atoms with van der Waals surface area (Å²) < 4.78 is 7.66. The average molecular weight is 312 g/mol. The van der Waals surface area contributed by atoms with E-state index in [1.54, 1.807) is 6.07 Å². The lowest BCUT2D eigenvalue weighted by Crippen LogP contribution is -2.37. The SMILES string of the molecule is Cc1ccc(CN[C@H]2CCc3c(ccc(=O)n3CC3CC3)C2)o1. The minimum absolute atomic E-state index is 0.174. The Kier molecular flexibility index (Phi) is 3.85. The van der Waals surface area contributed by atoms with Gasteiger partial charge in [-0.1, -0.05) is 6.07 Å². The summed E-state index contributed by atoms with van der Waals surface area (Å²) in [6.07, 6.45) is 5.64. The topological polar surface area (TPSA) is 47.2 Å². The number of hydrogen-bond donors (Lipinski definition) is 1. The summed E-state index contributed by atoms with van der Waals surface area (Å²) in [6.45, 7) is 3.67. The Hall–Kier alpha value is -1.81. The zero-order valence-corrected chi connectivity index (χ0v) is 13.7. The van der Waals surface area contributed by atoms with E-state index in [0.29, 0.717) is 6.04 Å². The summed E-state index contributed by atoms with van der Waals surface area (Å²) in [4.78, 5) is 12.2. The van der Waals surface area contributed by atoms with Gasteiger partial charge in [-0.2, -0.15) is 0 Å². The van der Waals surface area contributed by atoms with Gasteiger partial charge in [-0.3, -0.25) is 4.79 Å². The summed E-state index contributed by atoms with van der Waals surface area (Å²) in [5.41, 5.74) is 2.79. The van der Waals surface area contributed by atoms with Crippen molar-refractivity contribution in [2.24, 2.45) is 5.92 Å². The van der Waals surface area contributed by atoms with Gasteiger partial charge in [-0.05, 0) is 62.6 Å². The van der Waals surface area contributed by atoms with Gasteiger partial charge in [0.05, 0.1) is 6.54 Å². The van der Waals surface area contributed by atoms with Gasteiger partial charge in [-0.25, -0.2) is 0 Å². The van der Waals surface area contributed by atoms with Crippen LogP contribution in [-0.4, -0.2) is 10.6 Å². The number of rotatable bonds is 5. The van der Waals surface area contributed by atoms with E-state index in [2.05, 4.69) is 5.32 Å². The van der Waals surface area contributed by atoms with Crippen molar-refractivity contribution >= 4 is 0 Å². The molecule has 2 heterocycles. The van der Waals surface area contributed by atoms with Crippen LogP contribution in [0.1, 0.15) is 42.0 Å². The molecule has 0 radical (unpaired) electrons. The van der Waals surface area contributed by atoms with Crippen LogP contribution >= 0.6 is 0 Å². The van der Waals surface area contributed by atoms with E-state index >= 15 is 0 Å². The molecule has 4 nitrogen and oxygen atoms in total. The highest BCUT2D eigenvalue weighted by Gasteiger charge is 2.26. The van der Waals surface area contributed by atoms with E-state index in [1.807, 2.05) is 29.7 Å². The van der Waals surface area contributed by atoms with Crippen LogP contribution in [0.4, 0.5) is 0 Å². The maximum Gasteiger partial charge on any atom is 0.250 e. The minimum atomic E-state index is 0.174. The smallest absolute Gasteiger partial charge is 0.250 e. The molecule has 0 bridgehead atoms. The fourth-order valence-electron chi connectivity index (χ4n) is 3.58. The van der Waals surface area contributed by atoms with Crippen molar-refractivity contribution in [1.82, 2.24) is 9.88 Å². The largest absolute Gasteiger partial charge is 0.465 e. The Balaban J connectivity index is 1.45. The lowest BCUT2D eigenvalue weighted by molar-refractivity contribution is 0.399. The molecule has 0 spiro atoms. The molecule has 0 unspecified atom stereocenters. The first-order chi connectivity index (χ1) is 11.2. The highest BCUT2D eigenvalue weighted by atomic mass is 16.3. The maximum atomic E-state index is 12.2. The number of furan rings is 1. The number of pyridine rings is 1. The van der Waals surface area contributed by atoms with Gasteiger partial charge >= 0.3 is 0 Å². The lowest BCUT2D eigenvalue weighted by Gasteiger charge is -2.27. The van der Waals surface area contributed by atoms with E-state index < -0.39 is 0 Å². The number of nitrogens with zero attached hydrogens (tertiary/aromatic N) is 1. The molecule has 1 N–H and O–H groups in total. The fraction of sp³-hybridized carbons (Fsp3) is 0.526. The van der Waals surface area contributed by atoms with Gasteiger partial charge in [-0.15, -0.1) is 0 Å². The Labute approximate surface area is 136 Å². The van der Waals surface area contributed by atoms with Crippen LogP contribution in [0.5, 0.6) is 0 Å². The van der Waals surface area contributed by atoms with Crippen molar-refractivity contribution in [3.8, 4) is 0 Å². The molecule has 2 aliphatic rings. The molecule has 0 aromatic carbocycles. The Bertz CT molecular complexity index is 755. The molecule has 1 saturated carbocycles. The lowest BCUT2D eigenvalue weighted by atomic mass is 9.91. The molecular formula is C19H24N2O2. The maximum absolute atomic E-state index is 12.2. The van der Waals surface area contributed by atoms with Gasteiger partial charge in [0.15, 0.2) is 0 Å². The van der Waals surface area contributed by atoms with E-state index in [-0.39, 0.29) is 5.56 Å². The van der Waals surface area contributed by atoms with E-state index in [9.17, 15) is 4.79 Å². The number of fused-ring (bicyclic) bond motifs is 1. The molecule has 0 amide bonds. The van der Waals surface area contributed by atoms with Gasteiger partial charge in [0, 0.05) is 24.3 Å². The second kappa shape index (κ2) is 6.00. The zero-order valence-electron chi connectivity index (χ0n) is 13.7. The molecule has 0 aliphatic heterocycles. The summed E-state index contributed by atoms with van der Waals surface area (Å²) in [7, 11) is 0. The van der Waals surface area contributed by atoms with Crippen molar-refractivity contribution in [2.75, 3.05) is 0 Å². The molecular weight excluding hydrogens is 288 g/mol. The van der Waals surface area contributed by atoms with E-state index in [4.69, 9.17) is 4.42 Å². The van der Waals surface area contributed by atoms with E-state index in [0.717, 1.165) is 49.8 Å². The predicted octanol–water partition coefficient (Wildman–Crippen LogP) is 2.81. The number of aromatic nitrogens is 1. The molecule has 0 saturated heterocycles. The van der Waals surface area contributed by atoms with Crippen LogP contribution in [0.15, 0.2) is 33.5 Å². The monoisotopic (exact) mass is 312 g/mol. The van der Waals surface area contributed by atoms with E-state index in [1.165, 1.54) is 24.1 Å². The fourth-order valence-corrected chi connectivity index (χ4v) is 3.58. The summed E-state index contributed by atoms with van der Waals surface area (Å²) in [6, 6.07) is 8.28. The Morgan fingerprint density at radius 1 is 1.22 bits per heavy atom. The molecule has 4 heteroatoms. The minimum Gasteiger partial charge on any atom is -0.465 e. The Morgan fingerprint density at radius 2 is 2.09 bits per heavy atom. The average Bonchev–Trinajstić information content (AvgIpc) is 3.28. The van der Waals surface area contributed by atoms with Gasteiger partial charge < -0.3 is 14.3 Å². The van der Waals surface area contributed by atoms with Gasteiger partial charge in [0.2, 0.25) is 0 Å². The second-order valence-electron chi connectivity index (χ2n) is 7.03. The molecule has 2 aromatic rings. The molecule has 2 aromatic heterocycles. The molecule has 1 atom stereocenters. The van der Waals surface area contributed by atoms with Crippen molar-refractivity contribution in [1.29, 1.82) is 0 Å². The number of nitrogens with one attached hydrogen (secondary N) is 1. The normalized spacial score (nSPS) is 20.5. The van der Waals surface area contributed by atoms with Crippen molar-refractivity contribution in [3.63, 3.8) is 0 Å². The van der Waals surface area contributed by atoms with Gasteiger partial charge in [0.25, 0.3) is 5.56 Å². The summed E-state index contributed by atoms with van der Waals surface area (Å²) in [5.74, 6) is 2.68. The predicted molar refractivity (Wildman–Crippen MR) is 89.5 cm³/mol. The van der Waals surface area contributed by atoms with Crippen molar-refractivity contribution in [2.45, 2.75) is 58.2 Å². The summed E-state index contributed by atoms with van der Waals surface area (Å²) in [5, 5.41) is 3.60. The van der Waals surface area contributed by atoms with Crippen LogP contribution in [0, 0.1) is 12.8 Å². The number of aryl methyl sites for hydroxylation is 1. The second-order valence-corrected chi connectivity index (χ2v) is 7.03. The zero-order chi connectivity index (χ0) is 15.8. The molecule has 2 aliphatic carbocycles. The Morgan fingerprint density at radius 3 is 2.83 bits per heavy atom. The van der Waals surface area contributed by atoms with Crippen LogP contribution < -0.4 is 10.9 Å². The first-order valence-electron chi connectivity index (χ1n) is 8.69. The van der Waals surface area contributed by atoms with Crippen LogP contribution in [0.3, 0.4) is 0 Å². The van der Waals surface area contributed by atoms with Crippen LogP contribution in [0.2, 0.25) is 0 Å². The molecule has 23 heavy (non-hydrogen) atoms. The third-order valence-electron chi connectivity index (χ3n) is 5.08. The molecule has 122 valence electrons. The van der Waals surface area contributed by atoms with Crippen molar-refractivity contribution in [3.05, 3.63) is 57.4 Å². The molecule has 1 fully saturated rings. The van der Waals surface area contributed by atoms with Crippen LogP contribution in [-0.2, 0) is 25.9 Å². The standard InChI is InChI=1S/C19H24N2O2/c1-13-2-7-17(23-13)11-20-16-6-8-18-15(10-16)5-9-19(22)21(18)12-14-3-4-14/h2,5,7,9,14,16,20H,3-4,6,8,10-12H2,1H3/t16-/m0/s1. The third-order valence-corrected chi connectivity index (χ3v) is 5.08. The quantitative estimate of drug-likeness (QED) is 0.923. The highest BCUT2D eigenvalue weighted by Crippen LogP contribution is 2.31. The molecule has 4 rings (SSSR count). The first-order valence-corrected chi connectivity index (χ1v) is 8.69. The number of hydrogen-bond acceptors (Lipinski definition) is 3. The van der Waals surface area contributed by atoms with Gasteiger partial charge in [0.1, 0.15) is 11.5 Å². The third kappa shape index (κ3) is 3.27. The van der Waals surface area contributed by atoms with Crippen LogP contribution in [0.25, 0.3) is 0 Å². The van der Waals surface area contributed by atoms with Crippen molar-refractivity contribution < 1.29 is 4.42 Å². The summed E-state index contributed by atoms with van der Waals surface area (Å²) >= 11 is 0.